The molecular weight excluding hydrogens is 242 g/mol. The number of nitrogens with zero attached hydrogens (tertiary/aromatic N) is 1. The molecule has 106 valence electrons. The van der Waals surface area contributed by atoms with E-state index in [1.165, 1.54) is 0 Å². The zero-order valence-electron chi connectivity index (χ0n) is 11.5. The summed E-state index contributed by atoms with van der Waals surface area (Å²) >= 11 is 0. The first-order chi connectivity index (χ1) is 8.98. The van der Waals surface area contributed by atoms with E-state index in [1.807, 2.05) is 37.3 Å². The number of amidine groups is 1. The van der Waals surface area contributed by atoms with E-state index in [9.17, 15) is 5.11 Å². The second-order valence-electron chi connectivity index (χ2n) is 4.99. The van der Waals surface area contributed by atoms with Crippen LogP contribution in [0.2, 0.25) is 0 Å². The Bertz CT molecular complexity index is 404. The van der Waals surface area contributed by atoms with Crippen LogP contribution in [-0.2, 0) is 0 Å². The monoisotopic (exact) mass is 265 g/mol. The molecule has 0 aromatic heterocycles. The van der Waals surface area contributed by atoms with Crippen LogP contribution in [0, 0.1) is 0 Å². The zero-order valence-corrected chi connectivity index (χ0v) is 11.5. The molecule has 2 atom stereocenters. The van der Waals surface area contributed by atoms with E-state index in [4.69, 9.17) is 10.9 Å². The van der Waals surface area contributed by atoms with E-state index in [-0.39, 0.29) is 11.9 Å². The van der Waals surface area contributed by atoms with Gasteiger partial charge in [0.1, 0.15) is 5.84 Å². The molecule has 0 fully saturated rings. The first-order valence-corrected chi connectivity index (χ1v) is 6.45. The normalized spacial score (nSPS) is 16.9. The number of aliphatic hydroxyl groups is 1. The lowest BCUT2D eigenvalue weighted by atomic mass is 9.99. The van der Waals surface area contributed by atoms with E-state index >= 15 is 0 Å². The van der Waals surface area contributed by atoms with Crippen molar-refractivity contribution in [2.75, 3.05) is 6.54 Å². The fraction of sp³-hybridized carbons (Fsp3) is 0.500. The minimum atomic E-state index is -0.766. The van der Waals surface area contributed by atoms with Crippen molar-refractivity contribution in [3.05, 3.63) is 35.9 Å². The molecule has 0 amide bonds. The van der Waals surface area contributed by atoms with Gasteiger partial charge in [-0.2, -0.15) is 0 Å². The highest BCUT2D eigenvalue weighted by Gasteiger charge is 2.21. The second kappa shape index (κ2) is 7.11. The summed E-state index contributed by atoms with van der Waals surface area (Å²) in [5.41, 5.74) is 5.86. The Kier molecular flexibility index (Phi) is 5.79. The SMILES string of the molecule is CCC(C)(O)CNC(CC(N)=NO)c1ccccc1. The molecule has 5 nitrogen and oxygen atoms in total. The summed E-state index contributed by atoms with van der Waals surface area (Å²) in [5.74, 6) is 0.164. The number of hydrogen-bond acceptors (Lipinski definition) is 4. The molecule has 0 spiro atoms. The Hall–Kier alpha value is -1.59. The van der Waals surface area contributed by atoms with Crippen molar-refractivity contribution in [1.29, 1.82) is 0 Å². The molecule has 5 N–H and O–H groups in total. The highest BCUT2D eigenvalue weighted by molar-refractivity contribution is 5.80. The minimum absolute atomic E-state index is 0.0878. The van der Waals surface area contributed by atoms with Crippen molar-refractivity contribution in [1.82, 2.24) is 5.32 Å². The van der Waals surface area contributed by atoms with Gasteiger partial charge in [-0.3, -0.25) is 0 Å². The average Bonchev–Trinajstić information content (AvgIpc) is 2.44. The maximum Gasteiger partial charge on any atom is 0.141 e. The van der Waals surface area contributed by atoms with Crippen LogP contribution >= 0.6 is 0 Å². The Morgan fingerprint density at radius 1 is 1.42 bits per heavy atom. The molecule has 1 rings (SSSR count). The maximum atomic E-state index is 10.0. The molecular formula is C14H23N3O2. The third kappa shape index (κ3) is 5.28. The van der Waals surface area contributed by atoms with Gasteiger partial charge < -0.3 is 21.4 Å². The van der Waals surface area contributed by atoms with Crippen LogP contribution in [-0.4, -0.2) is 28.3 Å². The van der Waals surface area contributed by atoms with Crippen molar-refractivity contribution in [3.8, 4) is 0 Å². The van der Waals surface area contributed by atoms with Gasteiger partial charge in [0.2, 0.25) is 0 Å². The number of hydrogen-bond donors (Lipinski definition) is 4. The van der Waals surface area contributed by atoms with Crippen molar-refractivity contribution in [2.24, 2.45) is 10.9 Å². The van der Waals surface area contributed by atoms with Crippen LogP contribution in [0.4, 0.5) is 0 Å². The summed E-state index contributed by atoms with van der Waals surface area (Å²) < 4.78 is 0. The van der Waals surface area contributed by atoms with Crippen molar-refractivity contribution in [2.45, 2.75) is 38.3 Å². The Morgan fingerprint density at radius 2 is 2.05 bits per heavy atom. The third-order valence-electron chi connectivity index (χ3n) is 3.23. The molecule has 0 aliphatic carbocycles. The number of nitrogens with one attached hydrogen (secondary N) is 1. The van der Waals surface area contributed by atoms with Crippen LogP contribution in [0.1, 0.15) is 38.3 Å². The largest absolute Gasteiger partial charge is 0.409 e. The molecule has 0 aliphatic rings. The number of rotatable bonds is 7. The Morgan fingerprint density at radius 3 is 2.58 bits per heavy atom. The van der Waals surface area contributed by atoms with E-state index < -0.39 is 5.60 Å². The van der Waals surface area contributed by atoms with E-state index in [0.29, 0.717) is 19.4 Å². The summed E-state index contributed by atoms with van der Waals surface area (Å²) in [6.07, 6.45) is 1.05. The number of benzene rings is 1. The van der Waals surface area contributed by atoms with Crippen LogP contribution in [0.3, 0.4) is 0 Å². The van der Waals surface area contributed by atoms with Crippen LogP contribution in [0.5, 0.6) is 0 Å². The van der Waals surface area contributed by atoms with Gasteiger partial charge in [-0.1, -0.05) is 42.4 Å². The lowest BCUT2D eigenvalue weighted by molar-refractivity contribution is 0.0529. The van der Waals surface area contributed by atoms with Gasteiger partial charge in [0.25, 0.3) is 0 Å². The van der Waals surface area contributed by atoms with Gasteiger partial charge in [-0.05, 0) is 18.9 Å². The van der Waals surface area contributed by atoms with E-state index in [1.54, 1.807) is 6.92 Å². The van der Waals surface area contributed by atoms with Crippen molar-refractivity contribution >= 4 is 5.84 Å². The maximum absolute atomic E-state index is 10.0. The summed E-state index contributed by atoms with van der Waals surface area (Å²) in [7, 11) is 0. The smallest absolute Gasteiger partial charge is 0.141 e. The number of nitrogens with two attached hydrogens (primary N) is 1. The molecule has 0 heterocycles. The first kappa shape index (κ1) is 15.5. The molecule has 0 bridgehead atoms. The zero-order chi connectivity index (χ0) is 14.3. The van der Waals surface area contributed by atoms with Gasteiger partial charge in [0.05, 0.1) is 5.60 Å². The molecule has 0 radical (unpaired) electrons. The average molecular weight is 265 g/mol. The Balaban J connectivity index is 2.76. The van der Waals surface area contributed by atoms with E-state index in [2.05, 4.69) is 10.5 Å². The topological polar surface area (TPSA) is 90.9 Å². The molecule has 0 saturated carbocycles. The van der Waals surface area contributed by atoms with Crippen molar-refractivity contribution < 1.29 is 10.3 Å². The predicted molar refractivity (Wildman–Crippen MR) is 76.1 cm³/mol. The van der Waals surface area contributed by atoms with Crippen molar-refractivity contribution in [3.63, 3.8) is 0 Å². The molecule has 0 aliphatic heterocycles. The highest BCUT2D eigenvalue weighted by Crippen LogP contribution is 2.18. The van der Waals surface area contributed by atoms with Gasteiger partial charge in [0, 0.05) is 19.0 Å². The lowest BCUT2D eigenvalue weighted by Crippen LogP contribution is -2.40. The number of oxime groups is 1. The van der Waals surface area contributed by atoms with Gasteiger partial charge in [0.15, 0.2) is 0 Å². The summed E-state index contributed by atoms with van der Waals surface area (Å²) in [4.78, 5) is 0. The third-order valence-corrected chi connectivity index (χ3v) is 3.23. The molecule has 0 saturated heterocycles. The highest BCUT2D eigenvalue weighted by atomic mass is 16.4. The van der Waals surface area contributed by atoms with E-state index in [0.717, 1.165) is 5.56 Å². The van der Waals surface area contributed by atoms with Gasteiger partial charge in [-0.15, -0.1) is 0 Å². The summed E-state index contributed by atoms with van der Waals surface area (Å²) in [5, 5.41) is 25.0. The molecule has 1 aromatic carbocycles. The standard InChI is InChI=1S/C14H23N3O2/c1-3-14(2,18)10-16-12(9-13(15)17-19)11-7-5-4-6-8-11/h4-8,12,16,18-19H,3,9-10H2,1-2H3,(H2,15,17). The van der Waals surface area contributed by atoms with Crippen LogP contribution in [0.15, 0.2) is 35.5 Å². The predicted octanol–water partition coefficient (Wildman–Crippen LogP) is 1.61. The summed E-state index contributed by atoms with van der Waals surface area (Å²) in [6, 6.07) is 9.68. The minimum Gasteiger partial charge on any atom is -0.409 e. The molecule has 19 heavy (non-hydrogen) atoms. The quantitative estimate of drug-likeness (QED) is 0.261. The fourth-order valence-electron chi connectivity index (χ4n) is 1.71. The van der Waals surface area contributed by atoms with Gasteiger partial charge >= 0.3 is 0 Å². The fourth-order valence-corrected chi connectivity index (χ4v) is 1.71. The summed E-state index contributed by atoms with van der Waals surface area (Å²) in [6.45, 7) is 4.16. The molecule has 1 aromatic rings. The first-order valence-electron chi connectivity index (χ1n) is 6.45. The van der Waals surface area contributed by atoms with Crippen LogP contribution in [0.25, 0.3) is 0 Å². The van der Waals surface area contributed by atoms with Gasteiger partial charge in [-0.25, -0.2) is 0 Å². The second-order valence-corrected chi connectivity index (χ2v) is 4.99. The molecule has 5 heteroatoms. The molecule has 2 unspecified atom stereocenters. The lowest BCUT2D eigenvalue weighted by Gasteiger charge is -2.26. The van der Waals surface area contributed by atoms with Crippen LogP contribution < -0.4 is 11.1 Å². The Labute approximate surface area is 114 Å².